The van der Waals surface area contributed by atoms with Gasteiger partial charge in [-0.3, -0.25) is 9.69 Å². The number of rotatable bonds is 8. The second-order valence-corrected chi connectivity index (χ2v) is 8.88. The van der Waals surface area contributed by atoms with Crippen LogP contribution in [0.2, 0.25) is 0 Å². The smallest absolute Gasteiger partial charge is 0.242 e. The standard InChI is InChI=1S/C25H28FN5OS/c1-29(25-27-23(28-33-25)18-21-9-11-22(26)12-10-21)19-24(32)31-16-14-30(15-17-31)13-5-8-20-6-3-2-4-7-20/h2-12H,13-19H2,1H3. The topological polar surface area (TPSA) is 52.6 Å². The molecule has 0 aliphatic carbocycles. The molecule has 172 valence electrons. The van der Waals surface area contributed by atoms with Gasteiger partial charge in [-0.1, -0.05) is 54.6 Å². The largest absolute Gasteiger partial charge is 0.341 e. The van der Waals surface area contributed by atoms with Crippen molar-refractivity contribution < 1.29 is 9.18 Å². The van der Waals surface area contributed by atoms with Crippen molar-refractivity contribution in [3.05, 3.63) is 83.4 Å². The van der Waals surface area contributed by atoms with E-state index in [1.54, 1.807) is 12.1 Å². The second kappa shape index (κ2) is 11.2. The number of carbonyl (C=O) groups is 1. The van der Waals surface area contributed by atoms with Gasteiger partial charge in [-0.25, -0.2) is 9.37 Å². The number of carbonyl (C=O) groups excluding carboxylic acids is 1. The summed E-state index contributed by atoms with van der Waals surface area (Å²) in [5, 5.41) is 0.713. The first-order valence-corrected chi connectivity index (χ1v) is 11.8. The molecule has 1 aromatic heterocycles. The first kappa shape index (κ1) is 23.1. The molecule has 0 bridgehead atoms. The van der Waals surface area contributed by atoms with E-state index in [1.807, 2.05) is 35.0 Å². The third kappa shape index (κ3) is 6.69. The van der Waals surface area contributed by atoms with Crippen LogP contribution in [0.15, 0.2) is 60.7 Å². The number of amides is 1. The minimum Gasteiger partial charge on any atom is -0.341 e. The zero-order chi connectivity index (χ0) is 23.0. The predicted octanol–water partition coefficient (Wildman–Crippen LogP) is 3.56. The number of nitrogens with zero attached hydrogens (tertiary/aromatic N) is 5. The van der Waals surface area contributed by atoms with E-state index in [-0.39, 0.29) is 18.3 Å². The minimum atomic E-state index is -0.256. The highest BCUT2D eigenvalue weighted by Gasteiger charge is 2.22. The molecular weight excluding hydrogens is 437 g/mol. The van der Waals surface area contributed by atoms with Crippen molar-refractivity contribution in [3.63, 3.8) is 0 Å². The summed E-state index contributed by atoms with van der Waals surface area (Å²) in [7, 11) is 1.87. The van der Waals surface area contributed by atoms with Crippen molar-refractivity contribution in [1.29, 1.82) is 0 Å². The molecule has 1 fully saturated rings. The van der Waals surface area contributed by atoms with Gasteiger partial charge in [0.1, 0.15) is 11.6 Å². The Kier molecular flexibility index (Phi) is 7.80. The van der Waals surface area contributed by atoms with E-state index >= 15 is 0 Å². The van der Waals surface area contributed by atoms with Gasteiger partial charge in [0.2, 0.25) is 11.0 Å². The Labute approximate surface area is 198 Å². The average Bonchev–Trinajstić information content (AvgIpc) is 3.30. The summed E-state index contributed by atoms with van der Waals surface area (Å²) >= 11 is 1.28. The molecule has 3 aromatic rings. The lowest BCUT2D eigenvalue weighted by Crippen LogP contribution is -2.50. The quantitative estimate of drug-likeness (QED) is 0.509. The van der Waals surface area contributed by atoms with Gasteiger partial charge >= 0.3 is 0 Å². The van der Waals surface area contributed by atoms with Gasteiger partial charge in [-0.05, 0) is 23.3 Å². The fraction of sp³-hybridized carbons (Fsp3) is 0.320. The van der Waals surface area contributed by atoms with E-state index in [1.165, 1.54) is 29.2 Å². The maximum absolute atomic E-state index is 13.1. The van der Waals surface area contributed by atoms with Crippen molar-refractivity contribution in [1.82, 2.24) is 19.2 Å². The second-order valence-electron chi connectivity index (χ2n) is 8.15. The third-order valence-electron chi connectivity index (χ3n) is 5.63. The third-order valence-corrected chi connectivity index (χ3v) is 6.50. The number of aromatic nitrogens is 2. The van der Waals surface area contributed by atoms with Crippen LogP contribution in [-0.4, -0.2) is 71.4 Å². The summed E-state index contributed by atoms with van der Waals surface area (Å²) < 4.78 is 17.5. The zero-order valence-electron chi connectivity index (χ0n) is 18.7. The number of hydrogen-bond donors (Lipinski definition) is 0. The van der Waals surface area contributed by atoms with Crippen LogP contribution in [0, 0.1) is 5.82 Å². The van der Waals surface area contributed by atoms with Crippen molar-refractivity contribution >= 4 is 28.6 Å². The normalized spacial score (nSPS) is 14.7. The van der Waals surface area contributed by atoms with Gasteiger partial charge in [0, 0.05) is 57.7 Å². The molecule has 0 radical (unpaired) electrons. The average molecular weight is 466 g/mol. The van der Waals surface area contributed by atoms with Crippen LogP contribution >= 0.6 is 11.5 Å². The van der Waals surface area contributed by atoms with Gasteiger partial charge in [0.25, 0.3) is 0 Å². The van der Waals surface area contributed by atoms with Crippen molar-refractivity contribution in [2.75, 3.05) is 51.2 Å². The summed E-state index contributed by atoms with van der Waals surface area (Å²) in [5.41, 5.74) is 2.16. The lowest BCUT2D eigenvalue weighted by Gasteiger charge is -2.34. The number of likely N-dealkylation sites (N-methyl/N-ethyl adjacent to an activating group) is 1. The maximum atomic E-state index is 13.1. The number of benzene rings is 2. The Hall–Kier alpha value is -3.10. The molecule has 1 aliphatic rings. The highest BCUT2D eigenvalue weighted by Crippen LogP contribution is 2.18. The summed E-state index contributed by atoms with van der Waals surface area (Å²) in [6.07, 6.45) is 4.86. The minimum absolute atomic E-state index is 0.104. The van der Waals surface area contributed by atoms with Crippen LogP contribution in [0.3, 0.4) is 0 Å². The fourth-order valence-corrected chi connectivity index (χ4v) is 4.35. The predicted molar refractivity (Wildman–Crippen MR) is 131 cm³/mol. The zero-order valence-corrected chi connectivity index (χ0v) is 19.5. The van der Waals surface area contributed by atoms with E-state index in [2.05, 4.69) is 38.5 Å². The van der Waals surface area contributed by atoms with E-state index < -0.39 is 0 Å². The van der Waals surface area contributed by atoms with Crippen molar-refractivity contribution in [2.24, 2.45) is 0 Å². The molecule has 1 amide bonds. The summed E-state index contributed by atoms with van der Waals surface area (Å²) in [4.78, 5) is 23.5. The van der Waals surface area contributed by atoms with Crippen LogP contribution in [-0.2, 0) is 11.2 Å². The number of anilines is 1. The maximum Gasteiger partial charge on any atom is 0.242 e. The van der Waals surface area contributed by atoms with Crippen LogP contribution in [0.5, 0.6) is 0 Å². The Morgan fingerprint density at radius 3 is 2.55 bits per heavy atom. The Balaban J connectivity index is 1.21. The van der Waals surface area contributed by atoms with Crippen molar-refractivity contribution in [3.8, 4) is 0 Å². The molecule has 0 saturated carbocycles. The number of halogens is 1. The molecule has 0 atom stereocenters. The molecule has 33 heavy (non-hydrogen) atoms. The van der Waals surface area contributed by atoms with Gasteiger partial charge < -0.3 is 9.80 Å². The van der Waals surface area contributed by atoms with Gasteiger partial charge in [-0.2, -0.15) is 4.37 Å². The summed E-state index contributed by atoms with van der Waals surface area (Å²) in [6.45, 7) is 4.37. The van der Waals surface area contributed by atoms with Crippen molar-refractivity contribution in [2.45, 2.75) is 6.42 Å². The van der Waals surface area contributed by atoms with Crippen LogP contribution in [0.25, 0.3) is 6.08 Å². The van der Waals surface area contributed by atoms with Gasteiger partial charge in [0.05, 0.1) is 6.54 Å². The molecule has 1 saturated heterocycles. The Morgan fingerprint density at radius 1 is 1.09 bits per heavy atom. The molecular formula is C25H28FN5OS. The molecule has 0 spiro atoms. The van der Waals surface area contributed by atoms with Crippen LogP contribution in [0.4, 0.5) is 9.52 Å². The highest BCUT2D eigenvalue weighted by atomic mass is 32.1. The van der Waals surface area contributed by atoms with Gasteiger partial charge in [0.15, 0.2) is 0 Å². The van der Waals surface area contributed by atoms with E-state index in [0.29, 0.717) is 17.4 Å². The van der Waals surface area contributed by atoms with E-state index in [4.69, 9.17) is 0 Å². The molecule has 8 heteroatoms. The first-order chi connectivity index (χ1) is 16.1. The number of piperazine rings is 1. The summed E-state index contributed by atoms with van der Waals surface area (Å²) in [5.74, 6) is 0.527. The van der Waals surface area contributed by atoms with E-state index in [0.717, 1.165) is 38.3 Å². The summed E-state index contributed by atoms with van der Waals surface area (Å²) in [6, 6.07) is 16.6. The monoisotopic (exact) mass is 465 g/mol. The Morgan fingerprint density at radius 2 is 1.82 bits per heavy atom. The molecule has 6 nitrogen and oxygen atoms in total. The van der Waals surface area contributed by atoms with Crippen LogP contribution in [0.1, 0.15) is 17.0 Å². The molecule has 1 aliphatic heterocycles. The van der Waals surface area contributed by atoms with Gasteiger partial charge in [-0.15, -0.1) is 0 Å². The SMILES string of the molecule is CN(CC(=O)N1CCN(CC=Cc2ccccc2)CC1)c1nc(Cc2ccc(F)cc2)ns1. The first-order valence-electron chi connectivity index (χ1n) is 11.1. The Bertz CT molecular complexity index is 1060. The van der Waals surface area contributed by atoms with Crippen LogP contribution < -0.4 is 4.90 Å². The fourth-order valence-electron chi connectivity index (χ4n) is 3.71. The molecule has 4 rings (SSSR count). The molecule has 0 N–H and O–H groups in total. The highest BCUT2D eigenvalue weighted by molar-refractivity contribution is 7.09. The number of hydrogen-bond acceptors (Lipinski definition) is 6. The van der Waals surface area contributed by atoms with E-state index in [9.17, 15) is 9.18 Å². The lowest BCUT2D eigenvalue weighted by atomic mass is 10.1. The molecule has 2 heterocycles. The molecule has 2 aromatic carbocycles. The lowest BCUT2D eigenvalue weighted by molar-refractivity contribution is -0.131. The molecule has 0 unspecified atom stereocenters.